The lowest BCUT2D eigenvalue weighted by Gasteiger charge is -2.09. The summed E-state index contributed by atoms with van der Waals surface area (Å²) in [4.78, 5) is 44.2. The number of carbonyl (C=O) groups excluding carboxylic acids is 2. The molecule has 0 aliphatic heterocycles. The Labute approximate surface area is 224 Å². The number of amides is 2. The van der Waals surface area contributed by atoms with Crippen molar-refractivity contribution in [2.24, 2.45) is 0 Å². The molecule has 200 valence electrons. The van der Waals surface area contributed by atoms with Gasteiger partial charge in [0.15, 0.2) is 0 Å². The van der Waals surface area contributed by atoms with Crippen molar-refractivity contribution in [3.8, 4) is 16.9 Å². The number of fused-ring (bicyclic) bond motifs is 1. The highest BCUT2D eigenvalue weighted by Gasteiger charge is 2.30. The van der Waals surface area contributed by atoms with E-state index in [9.17, 15) is 27.6 Å². The van der Waals surface area contributed by atoms with Crippen molar-refractivity contribution >= 4 is 34.2 Å². The lowest BCUT2D eigenvalue weighted by molar-refractivity contribution is -0.137. The van der Waals surface area contributed by atoms with Crippen LogP contribution in [-0.2, 0) is 11.0 Å². The smallest absolute Gasteiger partial charge is 0.323 e. The maximum Gasteiger partial charge on any atom is 0.416 e. The summed E-state index contributed by atoms with van der Waals surface area (Å²) in [5.74, 6) is -0.914. The maximum atomic E-state index is 12.8. The van der Waals surface area contributed by atoms with E-state index in [-0.39, 0.29) is 11.5 Å². The fourth-order valence-corrected chi connectivity index (χ4v) is 4.08. The average Bonchev–Trinajstić information content (AvgIpc) is 3.28. The highest BCUT2D eigenvalue weighted by molar-refractivity contribution is 6.04. The number of imidazole rings is 1. The van der Waals surface area contributed by atoms with Crippen molar-refractivity contribution in [1.29, 1.82) is 0 Å². The molecule has 0 bridgehead atoms. The molecule has 0 fully saturated rings. The highest BCUT2D eigenvalue weighted by Crippen LogP contribution is 2.29. The van der Waals surface area contributed by atoms with E-state index in [1.54, 1.807) is 54.7 Å². The van der Waals surface area contributed by atoms with E-state index in [0.717, 1.165) is 29.8 Å². The normalized spacial score (nSPS) is 11.3. The van der Waals surface area contributed by atoms with Crippen LogP contribution in [0.25, 0.3) is 28.0 Å². The molecule has 0 spiro atoms. The minimum Gasteiger partial charge on any atom is -0.323 e. The molecule has 8 nitrogen and oxygen atoms in total. The van der Waals surface area contributed by atoms with Crippen LogP contribution in [0.15, 0.2) is 103 Å². The molecular weight excluding hydrogens is 523 g/mol. The van der Waals surface area contributed by atoms with Crippen molar-refractivity contribution in [3.63, 3.8) is 0 Å². The van der Waals surface area contributed by atoms with Crippen LogP contribution in [0, 0.1) is 0 Å². The Morgan fingerprint density at radius 2 is 1.65 bits per heavy atom. The quantitative estimate of drug-likeness (QED) is 0.236. The van der Waals surface area contributed by atoms with E-state index < -0.39 is 23.3 Å². The number of hydrogen-bond acceptors (Lipinski definition) is 4. The van der Waals surface area contributed by atoms with E-state index in [0.29, 0.717) is 33.8 Å². The lowest BCUT2D eigenvalue weighted by atomic mass is 10.1. The number of halogens is 3. The zero-order valence-corrected chi connectivity index (χ0v) is 20.6. The summed E-state index contributed by atoms with van der Waals surface area (Å²) in [7, 11) is 0. The van der Waals surface area contributed by atoms with Gasteiger partial charge in [-0.2, -0.15) is 13.2 Å². The number of nitrogens with one attached hydrogen (secondary N) is 3. The summed E-state index contributed by atoms with van der Waals surface area (Å²) in [6.07, 6.45) is -1.76. The molecule has 0 aliphatic rings. The molecule has 5 aromatic rings. The van der Waals surface area contributed by atoms with Crippen LogP contribution in [0.3, 0.4) is 0 Å². The third-order valence-electron chi connectivity index (χ3n) is 6.04. The van der Waals surface area contributed by atoms with Gasteiger partial charge in [0.05, 0.1) is 34.2 Å². The SMILES string of the molecule is C=CC(=O)Nc1cccc(-c2cc3[nH]c(=O)n(-c4ccc(NC(=O)c5ccc(C(F)(F)F)cc5)cc4)c3cn2)c1. The number of aromatic amines is 1. The Kier molecular flexibility index (Phi) is 6.78. The maximum absolute atomic E-state index is 12.8. The number of H-pyrrole nitrogens is 1. The number of anilines is 2. The summed E-state index contributed by atoms with van der Waals surface area (Å²) in [6.45, 7) is 3.44. The molecule has 0 saturated heterocycles. The number of rotatable bonds is 6. The zero-order valence-electron chi connectivity index (χ0n) is 20.6. The number of hydrogen-bond donors (Lipinski definition) is 3. The monoisotopic (exact) mass is 543 g/mol. The first-order valence-corrected chi connectivity index (χ1v) is 11.9. The number of alkyl halides is 3. The van der Waals surface area contributed by atoms with Gasteiger partial charge in [0.25, 0.3) is 5.91 Å². The molecule has 0 saturated carbocycles. The van der Waals surface area contributed by atoms with Gasteiger partial charge in [-0.3, -0.25) is 19.1 Å². The molecule has 0 aliphatic carbocycles. The van der Waals surface area contributed by atoms with Crippen molar-refractivity contribution in [1.82, 2.24) is 14.5 Å². The summed E-state index contributed by atoms with van der Waals surface area (Å²) in [6, 6.07) is 19.1. The fraction of sp³-hybridized carbons (Fsp3) is 0.0345. The molecule has 5 rings (SSSR count). The Bertz CT molecular complexity index is 1800. The van der Waals surface area contributed by atoms with Gasteiger partial charge in [-0.1, -0.05) is 18.7 Å². The molecule has 40 heavy (non-hydrogen) atoms. The van der Waals surface area contributed by atoms with E-state index in [1.165, 1.54) is 10.6 Å². The molecule has 3 aromatic carbocycles. The molecule has 11 heteroatoms. The fourth-order valence-electron chi connectivity index (χ4n) is 4.08. The second-order valence-corrected chi connectivity index (χ2v) is 8.70. The predicted octanol–water partition coefficient (Wildman–Crippen LogP) is 5.78. The van der Waals surface area contributed by atoms with Crippen molar-refractivity contribution in [2.45, 2.75) is 6.18 Å². The van der Waals surface area contributed by atoms with Crippen molar-refractivity contribution < 1.29 is 22.8 Å². The molecule has 0 radical (unpaired) electrons. The van der Waals surface area contributed by atoms with E-state index >= 15 is 0 Å². The van der Waals surface area contributed by atoms with Gasteiger partial charge in [-0.15, -0.1) is 0 Å². The van der Waals surface area contributed by atoms with Gasteiger partial charge in [0.2, 0.25) is 5.91 Å². The van der Waals surface area contributed by atoms with Crippen LogP contribution in [0.1, 0.15) is 15.9 Å². The van der Waals surface area contributed by atoms with Gasteiger partial charge in [0, 0.05) is 22.5 Å². The minimum absolute atomic E-state index is 0.0698. The van der Waals surface area contributed by atoms with Crippen LogP contribution in [-0.4, -0.2) is 26.3 Å². The van der Waals surface area contributed by atoms with E-state index in [4.69, 9.17) is 0 Å². The summed E-state index contributed by atoms with van der Waals surface area (Å²) in [5, 5.41) is 5.32. The van der Waals surface area contributed by atoms with Crippen LogP contribution in [0.5, 0.6) is 0 Å². The third kappa shape index (κ3) is 5.39. The second kappa shape index (κ2) is 10.4. The standard InChI is InChI=1S/C29H20F3N5O3/c1-2-26(38)34-21-5-3-4-18(14-21)23-15-24-25(16-33-23)37(28(40)36-24)22-12-10-20(11-13-22)35-27(39)17-6-8-19(9-7-17)29(30,31)32/h2-16H,1H2,(H,34,38)(H,35,39)(H,36,40). The van der Waals surface area contributed by atoms with Gasteiger partial charge in [-0.05, 0) is 72.8 Å². The number of carbonyl (C=O) groups is 2. The van der Waals surface area contributed by atoms with Crippen LogP contribution >= 0.6 is 0 Å². The average molecular weight is 544 g/mol. The third-order valence-corrected chi connectivity index (χ3v) is 6.04. The predicted molar refractivity (Wildman–Crippen MR) is 145 cm³/mol. The molecule has 2 amide bonds. The number of benzene rings is 3. The molecule has 3 N–H and O–H groups in total. The first-order chi connectivity index (χ1) is 19.1. The molecule has 0 atom stereocenters. The molecular formula is C29H20F3N5O3. The minimum atomic E-state index is -4.49. The number of nitrogens with zero attached hydrogens (tertiary/aromatic N) is 2. The van der Waals surface area contributed by atoms with Crippen molar-refractivity contribution in [2.75, 3.05) is 10.6 Å². The first kappa shape index (κ1) is 26.2. The largest absolute Gasteiger partial charge is 0.416 e. The zero-order chi connectivity index (χ0) is 28.4. The molecule has 2 aromatic heterocycles. The highest BCUT2D eigenvalue weighted by atomic mass is 19.4. The Morgan fingerprint density at radius 3 is 2.33 bits per heavy atom. The van der Waals surface area contributed by atoms with Gasteiger partial charge in [0.1, 0.15) is 0 Å². The summed E-state index contributed by atoms with van der Waals surface area (Å²) in [5.41, 5.74) is 2.66. The lowest BCUT2D eigenvalue weighted by Crippen LogP contribution is -2.15. The van der Waals surface area contributed by atoms with Crippen LogP contribution < -0.4 is 16.3 Å². The molecule has 2 heterocycles. The summed E-state index contributed by atoms with van der Waals surface area (Å²) >= 11 is 0. The van der Waals surface area contributed by atoms with E-state index in [2.05, 4.69) is 27.2 Å². The van der Waals surface area contributed by atoms with E-state index in [1.807, 2.05) is 6.07 Å². The van der Waals surface area contributed by atoms with Gasteiger partial charge >= 0.3 is 11.9 Å². The van der Waals surface area contributed by atoms with Gasteiger partial charge < -0.3 is 15.6 Å². The first-order valence-electron chi connectivity index (χ1n) is 11.9. The molecule has 0 unspecified atom stereocenters. The second-order valence-electron chi connectivity index (χ2n) is 8.70. The Balaban J connectivity index is 1.36. The van der Waals surface area contributed by atoms with Gasteiger partial charge in [-0.25, -0.2) is 4.79 Å². The summed E-state index contributed by atoms with van der Waals surface area (Å²) < 4.78 is 39.7. The Hall–Kier alpha value is -5.45. The van der Waals surface area contributed by atoms with Crippen LogP contribution in [0.2, 0.25) is 0 Å². The van der Waals surface area contributed by atoms with Crippen LogP contribution in [0.4, 0.5) is 24.5 Å². The van der Waals surface area contributed by atoms with Crippen molar-refractivity contribution in [3.05, 3.63) is 119 Å². The number of aromatic nitrogens is 3. The number of pyridine rings is 1. The topological polar surface area (TPSA) is 109 Å². The Morgan fingerprint density at radius 1 is 0.925 bits per heavy atom.